The lowest BCUT2D eigenvalue weighted by atomic mass is 9.95. The molecule has 0 aromatic heterocycles. The van der Waals surface area contributed by atoms with E-state index in [1.807, 2.05) is 25.1 Å². The van der Waals surface area contributed by atoms with Crippen LogP contribution in [0.3, 0.4) is 0 Å². The summed E-state index contributed by atoms with van der Waals surface area (Å²) in [5, 5.41) is 10.2. The smallest absolute Gasteiger partial charge is 0.123 e. The van der Waals surface area contributed by atoms with Gasteiger partial charge in [0.25, 0.3) is 0 Å². The van der Waals surface area contributed by atoms with Gasteiger partial charge in [0.05, 0.1) is 0 Å². The summed E-state index contributed by atoms with van der Waals surface area (Å²) >= 11 is 0. The third-order valence-corrected chi connectivity index (χ3v) is 4.33. The van der Waals surface area contributed by atoms with Crippen molar-refractivity contribution in [1.82, 2.24) is 0 Å². The fourth-order valence-electron chi connectivity index (χ4n) is 3.03. The number of hydrogen-bond acceptors (Lipinski definition) is 2. The molecule has 20 heavy (non-hydrogen) atoms. The van der Waals surface area contributed by atoms with Gasteiger partial charge in [0.2, 0.25) is 0 Å². The van der Waals surface area contributed by atoms with Crippen LogP contribution in [0.4, 0.5) is 5.69 Å². The summed E-state index contributed by atoms with van der Waals surface area (Å²) in [6.07, 6.45) is 2.32. The lowest BCUT2D eigenvalue weighted by molar-refractivity contribution is 0.459. The number of phenols is 1. The van der Waals surface area contributed by atoms with Gasteiger partial charge in [0, 0.05) is 23.8 Å². The second-order valence-corrected chi connectivity index (χ2v) is 5.73. The minimum atomic E-state index is 0.433. The molecule has 0 fully saturated rings. The van der Waals surface area contributed by atoms with E-state index in [4.69, 9.17) is 0 Å². The summed E-state index contributed by atoms with van der Waals surface area (Å²) in [4.78, 5) is 2.41. The topological polar surface area (TPSA) is 23.5 Å². The highest BCUT2D eigenvalue weighted by atomic mass is 16.3. The molecule has 0 spiro atoms. The number of fused-ring (bicyclic) bond motifs is 1. The average molecular weight is 267 g/mol. The van der Waals surface area contributed by atoms with Crippen molar-refractivity contribution < 1.29 is 5.11 Å². The Labute approximate surface area is 120 Å². The van der Waals surface area contributed by atoms with Gasteiger partial charge in [-0.15, -0.1) is 0 Å². The molecule has 0 radical (unpaired) electrons. The van der Waals surface area contributed by atoms with E-state index in [2.05, 4.69) is 36.1 Å². The molecule has 2 heteroatoms. The Morgan fingerprint density at radius 1 is 1.15 bits per heavy atom. The van der Waals surface area contributed by atoms with Crippen molar-refractivity contribution in [3.63, 3.8) is 0 Å². The highest BCUT2D eigenvalue weighted by molar-refractivity contribution is 5.57. The van der Waals surface area contributed by atoms with E-state index in [1.54, 1.807) is 0 Å². The van der Waals surface area contributed by atoms with Gasteiger partial charge in [-0.25, -0.2) is 0 Å². The van der Waals surface area contributed by atoms with E-state index in [0.717, 1.165) is 24.1 Å². The highest BCUT2D eigenvalue weighted by Gasteiger charge is 2.23. The zero-order valence-electron chi connectivity index (χ0n) is 12.1. The number of phenolic OH excluding ortho intramolecular Hbond substituents is 1. The van der Waals surface area contributed by atoms with E-state index in [-0.39, 0.29) is 0 Å². The molecule has 3 rings (SSSR count). The molecule has 0 saturated heterocycles. The molecule has 104 valence electrons. The minimum absolute atomic E-state index is 0.433. The molecule has 1 aliphatic heterocycles. The molecule has 1 atom stereocenters. The van der Waals surface area contributed by atoms with Crippen LogP contribution in [-0.4, -0.2) is 11.1 Å². The van der Waals surface area contributed by atoms with Gasteiger partial charge in [-0.3, -0.25) is 0 Å². The molecule has 1 unspecified atom stereocenters. The highest BCUT2D eigenvalue weighted by Crippen LogP contribution is 2.33. The molecule has 0 aliphatic carbocycles. The molecule has 1 N–H and O–H groups in total. The Bertz CT molecular complexity index is 621. The summed E-state index contributed by atoms with van der Waals surface area (Å²) in [6, 6.07) is 15.1. The summed E-state index contributed by atoms with van der Waals surface area (Å²) in [7, 11) is 0. The maximum Gasteiger partial charge on any atom is 0.123 e. The summed E-state index contributed by atoms with van der Waals surface area (Å²) in [5.41, 5.74) is 4.68. The predicted molar refractivity (Wildman–Crippen MR) is 83.3 cm³/mol. The Kier molecular flexibility index (Phi) is 3.39. The minimum Gasteiger partial charge on any atom is -0.507 e. The Balaban J connectivity index is 1.96. The van der Waals surface area contributed by atoms with E-state index in [1.165, 1.54) is 17.7 Å². The summed E-state index contributed by atoms with van der Waals surface area (Å²) in [6.45, 7) is 4.99. The zero-order valence-corrected chi connectivity index (χ0v) is 12.1. The maximum atomic E-state index is 10.2. The van der Waals surface area contributed by atoms with Crippen LogP contribution in [0, 0.1) is 6.92 Å². The second kappa shape index (κ2) is 5.20. The van der Waals surface area contributed by atoms with Crippen LogP contribution in [-0.2, 0) is 13.0 Å². The normalized spacial score (nSPS) is 17.9. The Morgan fingerprint density at radius 2 is 1.95 bits per heavy atom. The fraction of sp³-hybridized carbons (Fsp3) is 0.333. The van der Waals surface area contributed by atoms with Crippen LogP contribution in [0.5, 0.6) is 5.75 Å². The first-order valence-corrected chi connectivity index (χ1v) is 7.29. The van der Waals surface area contributed by atoms with Gasteiger partial charge in [-0.1, -0.05) is 36.4 Å². The first-order valence-electron chi connectivity index (χ1n) is 7.29. The van der Waals surface area contributed by atoms with Gasteiger partial charge >= 0.3 is 0 Å². The quantitative estimate of drug-likeness (QED) is 0.887. The maximum absolute atomic E-state index is 10.2. The predicted octanol–water partition coefficient (Wildman–Crippen LogP) is 4.04. The molecule has 2 aromatic rings. The lowest BCUT2D eigenvalue weighted by Crippen LogP contribution is -2.36. The number of anilines is 1. The molecule has 0 saturated carbocycles. The van der Waals surface area contributed by atoms with Crippen LogP contribution in [0.1, 0.15) is 30.0 Å². The molecular formula is C18H21NO. The van der Waals surface area contributed by atoms with Gasteiger partial charge < -0.3 is 10.0 Å². The van der Waals surface area contributed by atoms with Gasteiger partial charge in [0.1, 0.15) is 5.75 Å². The van der Waals surface area contributed by atoms with Crippen molar-refractivity contribution in [2.24, 2.45) is 0 Å². The molecule has 2 aromatic carbocycles. The molecule has 1 aliphatic rings. The number of benzene rings is 2. The number of aromatic hydroxyl groups is 1. The van der Waals surface area contributed by atoms with Gasteiger partial charge in [0.15, 0.2) is 0 Å². The van der Waals surface area contributed by atoms with Gasteiger partial charge in [-0.2, -0.15) is 0 Å². The molecule has 1 heterocycles. The number of aryl methyl sites for hydroxylation is 2. The van der Waals surface area contributed by atoms with Crippen LogP contribution < -0.4 is 4.90 Å². The van der Waals surface area contributed by atoms with E-state index >= 15 is 0 Å². The third kappa shape index (κ3) is 2.26. The van der Waals surface area contributed by atoms with Crippen molar-refractivity contribution in [2.45, 2.75) is 39.3 Å². The molecular weight excluding hydrogens is 246 g/mol. The SMILES string of the molecule is Cc1cccc(CN2c3ccccc3CCC2C)c1O. The fourth-order valence-corrected chi connectivity index (χ4v) is 3.03. The van der Waals surface area contributed by atoms with Gasteiger partial charge in [-0.05, 0) is 43.9 Å². The van der Waals surface area contributed by atoms with Crippen LogP contribution in [0.2, 0.25) is 0 Å². The lowest BCUT2D eigenvalue weighted by Gasteiger charge is -2.37. The number of para-hydroxylation sites is 2. The van der Waals surface area contributed by atoms with E-state index < -0.39 is 0 Å². The Hall–Kier alpha value is -1.96. The van der Waals surface area contributed by atoms with E-state index in [0.29, 0.717) is 11.8 Å². The van der Waals surface area contributed by atoms with Crippen molar-refractivity contribution in [1.29, 1.82) is 0 Å². The molecule has 2 nitrogen and oxygen atoms in total. The van der Waals surface area contributed by atoms with Crippen molar-refractivity contribution in [3.8, 4) is 5.75 Å². The first kappa shape index (κ1) is 13.0. The number of nitrogens with zero attached hydrogens (tertiary/aromatic N) is 1. The van der Waals surface area contributed by atoms with E-state index in [9.17, 15) is 5.11 Å². The van der Waals surface area contributed by atoms with Crippen molar-refractivity contribution in [3.05, 3.63) is 59.2 Å². The van der Waals surface area contributed by atoms with Crippen LogP contribution in [0.15, 0.2) is 42.5 Å². The third-order valence-electron chi connectivity index (χ3n) is 4.33. The largest absolute Gasteiger partial charge is 0.507 e. The number of rotatable bonds is 2. The molecule has 0 bridgehead atoms. The first-order chi connectivity index (χ1) is 9.66. The standard InChI is InChI=1S/C18H21NO/c1-13-6-5-8-16(18(13)20)12-19-14(2)10-11-15-7-3-4-9-17(15)19/h3-9,14,20H,10-12H2,1-2H3. The number of hydrogen-bond donors (Lipinski definition) is 1. The molecule has 0 amide bonds. The van der Waals surface area contributed by atoms with Crippen molar-refractivity contribution >= 4 is 5.69 Å². The monoisotopic (exact) mass is 267 g/mol. The van der Waals surface area contributed by atoms with Crippen LogP contribution in [0.25, 0.3) is 0 Å². The Morgan fingerprint density at radius 3 is 2.80 bits per heavy atom. The summed E-state index contributed by atoms with van der Waals surface area (Å²) < 4.78 is 0. The zero-order chi connectivity index (χ0) is 14.1. The van der Waals surface area contributed by atoms with Crippen molar-refractivity contribution in [2.75, 3.05) is 4.90 Å². The average Bonchev–Trinajstić information content (AvgIpc) is 2.46. The van der Waals surface area contributed by atoms with Crippen LogP contribution >= 0.6 is 0 Å². The summed E-state index contributed by atoms with van der Waals surface area (Å²) in [5.74, 6) is 0.433. The second-order valence-electron chi connectivity index (χ2n) is 5.73.